The zero-order valence-electron chi connectivity index (χ0n) is 9.83. The van der Waals surface area contributed by atoms with E-state index < -0.39 is 0 Å². The Labute approximate surface area is 92.2 Å². The van der Waals surface area contributed by atoms with Gasteiger partial charge in [-0.15, -0.1) is 0 Å². The number of nitrogens with one attached hydrogen (secondary N) is 1. The van der Waals surface area contributed by atoms with Gasteiger partial charge in [-0.2, -0.15) is 0 Å². The predicted octanol–water partition coefficient (Wildman–Crippen LogP) is 1.10. The van der Waals surface area contributed by atoms with Crippen LogP contribution in [0.3, 0.4) is 0 Å². The molecule has 86 valence electrons. The van der Waals surface area contributed by atoms with E-state index in [0.29, 0.717) is 17.7 Å². The van der Waals surface area contributed by atoms with Crippen molar-refractivity contribution in [2.45, 2.75) is 25.7 Å². The number of hydrogen-bond donors (Lipinski definition) is 1. The normalized spacial score (nSPS) is 33.7. The molecule has 3 unspecified atom stereocenters. The van der Waals surface area contributed by atoms with Gasteiger partial charge < -0.3 is 10.2 Å². The zero-order valence-corrected chi connectivity index (χ0v) is 9.83. The van der Waals surface area contributed by atoms with Crippen molar-refractivity contribution in [3.63, 3.8) is 0 Å². The highest BCUT2D eigenvalue weighted by molar-refractivity contribution is 5.79. The first-order valence-corrected chi connectivity index (χ1v) is 6.09. The molecule has 2 aliphatic rings. The maximum atomic E-state index is 11.9. The van der Waals surface area contributed by atoms with Crippen LogP contribution in [0.2, 0.25) is 0 Å². The molecule has 0 aromatic carbocycles. The van der Waals surface area contributed by atoms with E-state index in [-0.39, 0.29) is 0 Å². The Kier molecular flexibility index (Phi) is 3.29. The van der Waals surface area contributed by atoms with Crippen LogP contribution in [0.5, 0.6) is 0 Å². The summed E-state index contributed by atoms with van der Waals surface area (Å²) >= 11 is 0. The second-order valence-corrected chi connectivity index (χ2v) is 5.38. The van der Waals surface area contributed by atoms with Gasteiger partial charge in [0.25, 0.3) is 0 Å². The Balaban J connectivity index is 1.72. The lowest BCUT2D eigenvalue weighted by atomic mass is 9.88. The van der Waals surface area contributed by atoms with Crippen molar-refractivity contribution in [3.8, 4) is 0 Å². The molecule has 2 rings (SSSR count). The molecule has 0 aliphatic heterocycles. The fourth-order valence-electron chi connectivity index (χ4n) is 3.10. The van der Waals surface area contributed by atoms with E-state index in [1.54, 1.807) is 0 Å². The minimum Gasteiger partial charge on any atom is -0.355 e. The van der Waals surface area contributed by atoms with Crippen molar-refractivity contribution in [1.29, 1.82) is 0 Å². The monoisotopic (exact) mass is 210 g/mol. The minimum absolute atomic E-state index is 0.309. The third kappa shape index (κ3) is 2.51. The summed E-state index contributed by atoms with van der Waals surface area (Å²) in [7, 11) is 4.06. The van der Waals surface area contributed by atoms with Gasteiger partial charge in [-0.1, -0.05) is 6.42 Å². The average Bonchev–Trinajstić information content (AvgIpc) is 2.77. The molecule has 0 saturated heterocycles. The number of nitrogens with zero attached hydrogens (tertiary/aromatic N) is 1. The molecule has 0 spiro atoms. The van der Waals surface area contributed by atoms with Gasteiger partial charge in [0.1, 0.15) is 0 Å². The van der Waals surface area contributed by atoms with Crippen molar-refractivity contribution in [1.82, 2.24) is 10.2 Å². The Hall–Kier alpha value is -0.570. The third-order valence-electron chi connectivity index (χ3n) is 3.93. The minimum atomic E-state index is 0.309. The highest BCUT2D eigenvalue weighted by atomic mass is 16.1. The lowest BCUT2D eigenvalue weighted by Crippen LogP contribution is -2.37. The first-order chi connectivity index (χ1) is 7.16. The number of amides is 1. The molecular weight excluding hydrogens is 188 g/mol. The molecule has 2 bridgehead atoms. The summed E-state index contributed by atoms with van der Waals surface area (Å²) in [6.45, 7) is 1.73. The van der Waals surface area contributed by atoms with E-state index in [0.717, 1.165) is 25.4 Å². The molecule has 2 saturated carbocycles. The highest BCUT2D eigenvalue weighted by Gasteiger charge is 2.42. The van der Waals surface area contributed by atoms with Gasteiger partial charge in [-0.25, -0.2) is 0 Å². The Bertz CT molecular complexity index is 240. The Morgan fingerprint density at radius 3 is 2.67 bits per heavy atom. The number of likely N-dealkylation sites (N-methyl/N-ethyl adjacent to an activating group) is 1. The van der Waals surface area contributed by atoms with Gasteiger partial charge in [-0.3, -0.25) is 4.79 Å². The van der Waals surface area contributed by atoms with Crippen LogP contribution in [0.4, 0.5) is 0 Å². The molecule has 1 N–H and O–H groups in total. The standard InChI is InChI=1S/C12H22N2O/c1-14(2)6-5-13-12(15)11-8-9-3-4-10(11)7-9/h9-11H,3-8H2,1-2H3,(H,13,15). The van der Waals surface area contributed by atoms with E-state index in [2.05, 4.69) is 10.2 Å². The summed E-state index contributed by atoms with van der Waals surface area (Å²) in [5, 5.41) is 3.06. The fourth-order valence-corrected chi connectivity index (χ4v) is 3.10. The smallest absolute Gasteiger partial charge is 0.223 e. The topological polar surface area (TPSA) is 32.3 Å². The van der Waals surface area contributed by atoms with E-state index in [1.165, 1.54) is 19.3 Å². The maximum absolute atomic E-state index is 11.9. The fraction of sp³-hybridized carbons (Fsp3) is 0.917. The lowest BCUT2D eigenvalue weighted by Gasteiger charge is -2.21. The van der Waals surface area contributed by atoms with Gasteiger partial charge >= 0.3 is 0 Å². The van der Waals surface area contributed by atoms with Crippen LogP contribution in [0, 0.1) is 17.8 Å². The van der Waals surface area contributed by atoms with Crippen molar-refractivity contribution < 1.29 is 4.79 Å². The molecule has 0 aromatic rings. The van der Waals surface area contributed by atoms with Gasteiger partial charge in [0.05, 0.1) is 0 Å². The molecule has 0 aromatic heterocycles. The second kappa shape index (κ2) is 4.52. The van der Waals surface area contributed by atoms with Crippen LogP contribution in [-0.4, -0.2) is 38.0 Å². The first-order valence-electron chi connectivity index (χ1n) is 6.09. The molecule has 0 heterocycles. The molecule has 2 fully saturated rings. The summed E-state index contributed by atoms with van der Waals surface area (Å²) in [4.78, 5) is 14.0. The predicted molar refractivity (Wildman–Crippen MR) is 60.5 cm³/mol. The molecule has 2 aliphatic carbocycles. The third-order valence-corrected chi connectivity index (χ3v) is 3.93. The van der Waals surface area contributed by atoms with Crippen molar-refractivity contribution in [2.75, 3.05) is 27.2 Å². The molecule has 3 atom stereocenters. The molecule has 1 amide bonds. The summed E-state index contributed by atoms with van der Waals surface area (Å²) < 4.78 is 0. The summed E-state index contributed by atoms with van der Waals surface area (Å²) in [6.07, 6.45) is 5.12. The largest absolute Gasteiger partial charge is 0.355 e. The van der Waals surface area contributed by atoms with Crippen molar-refractivity contribution in [2.24, 2.45) is 17.8 Å². The second-order valence-electron chi connectivity index (χ2n) is 5.38. The molecule has 3 heteroatoms. The lowest BCUT2D eigenvalue weighted by molar-refractivity contribution is -0.126. The van der Waals surface area contributed by atoms with Crippen LogP contribution in [0.1, 0.15) is 25.7 Å². The summed E-state index contributed by atoms with van der Waals surface area (Å²) in [5.41, 5.74) is 0. The van der Waals surface area contributed by atoms with Crippen LogP contribution in [0.25, 0.3) is 0 Å². The zero-order chi connectivity index (χ0) is 10.8. The number of fused-ring (bicyclic) bond motifs is 2. The first kappa shape index (κ1) is 10.9. The van der Waals surface area contributed by atoms with Crippen molar-refractivity contribution in [3.05, 3.63) is 0 Å². The SMILES string of the molecule is CN(C)CCNC(=O)C1CC2CCC1C2. The van der Waals surface area contributed by atoms with Gasteiger partial charge in [0.15, 0.2) is 0 Å². The van der Waals surface area contributed by atoms with Crippen LogP contribution >= 0.6 is 0 Å². The van der Waals surface area contributed by atoms with E-state index in [9.17, 15) is 4.79 Å². The number of carbonyl (C=O) groups is 1. The van der Waals surface area contributed by atoms with Gasteiger partial charge in [0.2, 0.25) is 5.91 Å². The molecule has 3 nitrogen and oxygen atoms in total. The number of carbonyl (C=O) groups excluding carboxylic acids is 1. The Morgan fingerprint density at radius 2 is 2.13 bits per heavy atom. The van der Waals surface area contributed by atoms with Crippen molar-refractivity contribution >= 4 is 5.91 Å². The van der Waals surface area contributed by atoms with Crippen LogP contribution in [-0.2, 0) is 4.79 Å². The van der Waals surface area contributed by atoms with E-state index >= 15 is 0 Å². The maximum Gasteiger partial charge on any atom is 0.223 e. The quantitative estimate of drug-likeness (QED) is 0.753. The van der Waals surface area contributed by atoms with Gasteiger partial charge in [-0.05, 0) is 45.2 Å². The van der Waals surface area contributed by atoms with Crippen LogP contribution < -0.4 is 5.32 Å². The summed E-state index contributed by atoms with van der Waals surface area (Å²) in [5.74, 6) is 2.21. The Morgan fingerprint density at radius 1 is 1.33 bits per heavy atom. The van der Waals surface area contributed by atoms with E-state index in [4.69, 9.17) is 0 Å². The van der Waals surface area contributed by atoms with Crippen LogP contribution in [0.15, 0.2) is 0 Å². The van der Waals surface area contributed by atoms with E-state index in [1.807, 2.05) is 14.1 Å². The molecule has 0 radical (unpaired) electrons. The van der Waals surface area contributed by atoms with Gasteiger partial charge in [0, 0.05) is 19.0 Å². The number of rotatable bonds is 4. The molecular formula is C12H22N2O. The number of hydrogen-bond acceptors (Lipinski definition) is 2. The summed E-state index contributed by atoms with van der Waals surface area (Å²) in [6, 6.07) is 0. The molecule has 15 heavy (non-hydrogen) atoms. The average molecular weight is 210 g/mol. The highest BCUT2D eigenvalue weighted by Crippen LogP contribution is 2.48.